The summed E-state index contributed by atoms with van der Waals surface area (Å²) >= 11 is 1.63. The third-order valence-electron chi connectivity index (χ3n) is 3.36. The van der Waals surface area contributed by atoms with Crippen LogP contribution in [0.1, 0.15) is 6.42 Å². The summed E-state index contributed by atoms with van der Waals surface area (Å²) in [5.74, 6) is 1.34. The molecule has 26 heavy (non-hydrogen) atoms. The SMILES string of the molecule is COCCOc1ccc(NC(=O)NCCCSc2ccc(F)cc2)cc1. The predicted octanol–water partition coefficient (Wildman–Crippen LogP) is 4.15. The van der Waals surface area contributed by atoms with Crippen LogP contribution in [-0.2, 0) is 4.74 Å². The highest BCUT2D eigenvalue weighted by Gasteiger charge is 2.02. The number of hydrogen-bond acceptors (Lipinski definition) is 4. The molecule has 0 aromatic heterocycles. The van der Waals surface area contributed by atoms with Crippen molar-refractivity contribution in [2.75, 3.05) is 37.9 Å². The van der Waals surface area contributed by atoms with Gasteiger partial charge in [0.2, 0.25) is 0 Å². The number of nitrogens with one attached hydrogen (secondary N) is 2. The monoisotopic (exact) mass is 378 g/mol. The average Bonchev–Trinajstić information content (AvgIpc) is 2.64. The van der Waals surface area contributed by atoms with E-state index in [0.29, 0.717) is 25.4 Å². The zero-order chi connectivity index (χ0) is 18.6. The molecule has 2 amide bonds. The number of ether oxygens (including phenoxy) is 2. The highest BCUT2D eigenvalue weighted by atomic mass is 32.2. The van der Waals surface area contributed by atoms with Crippen molar-refractivity contribution in [1.82, 2.24) is 5.32 Å². The third-order valence-corrected chi connectivity index (χ3v) is 4.46. The van der Waals surface area contributed by atoms with Crippen molar-refractivity contribution in [3.8, 4) is 5.75 Å². The molecule has 0 heterocycles. The predicted molar refractivity (Wildman–Crippen MR) is 103 cm³/mol. The van der Waals surface area contributed by atoms with Crippen LogP contribution in [0.5, 0.6) is 5.75 Å². The Bertz CT molecular complexity index is 665. The van der Waals surface area contributed by atoms with Crippen LogP contribution in [0, 0.1) is 5.82 Å². The molecule has 2 aromatic rings. The smallest absolute Gasteiger partial charge is 0.319 e. The van der Waals surface area contributed by atoms with E-state index in [1.165, 1.54) is 12.1 Å². The quantitative estimate of drug-likeness (QED) is 0.482. The van der Waals surface area contributed by atoms with Crippen molar-refractivity contribution in [2.24, 2.45) is 0 Å². The van der Waals surface area contributed by atoms with Gasteiger partial charge in [-0.25, -0.2) is 9.18 Å². The molecule has 0 bridgehead atoms. The van der Waals surface area contributed by atoms with Gasteiger partial charge in [-0.15, -0.1) is 11.8 Å². The van der Waals surface area contributed by atoms with Gasteiger partial charge in [0.15, 0.2) is 0 Å². The average molecular weight is 378 g/mol. The molecule has 0 fully saturated rings. The Morgan fingerprint density at radius 2 is 1.81 bits per heavy atom. The van der Waals surface area contributed by atoms with Gasteiger partial charge in [0.25, 0.3) is 0 Å². The zero-order valence-corrected chi connectivity index (χ0v) is 15.5. The van der Waals surface area contributed by atoms with Gasteiger partial charge in [-0.05, 0) is 60.7 Å². The summed E-state index contributed by atoms with van der Waals surface area (Å²) in [5.41, 5.74) is 0.697. The van der Waals surface area contributed by atoms with Gasteiger partial charge >= 0.3 is 6.03 Å². The van der Waals surface area contributed by atoms with Crippen LogP contribution in [0.15, 0.2) is 53.4 Å². The lowest BCUT2D eigenvalue weighted by atomic mass is 10.3. The standard InChI is InChI=1S/C19H23FN2O3S/c1-24-12-13-25-17-7-5-16(6-8-17)22-19(23)21-11-2-14-26-18-9-3-15(20)4-10-18/h3-10H,2,11-14H2,1H3,(H2,21,22,23). The van der Waals surface area contributed by atoms with E-state index in [1.807, 2.05) is 0 Å². The highest BCUT2D eigenvalue weighted by molar-refractivity contribution is 7.99. The van der Waals surface area contributed by atoms with Crippen molar-refractivity contribution in [3.63, 3.8) is 0 Å². The van der Waals surface area contributed by atoms with E-state index in [0.717, 1.165) is 22.8 Å². The Kier molecular flexibility index (Phi) is 8.78. The molecule has 5 nitrogen and oxygen atoms in total. The maximum atomic E-state index is 12.8. The number of carbonyl (C=O) groups excluding carboxylic acids is 1. The minimum atomic E-state index is -0.246. The Hall–Kier alpha value is -2.25. The Morgan fingerprint density at radius 1 is 1.08 bits per heavy atom. The molecule has 0 saturated carbocycles. The van der Waals surface area contributed by atoms with E-state index in [2.05, 4.69) is 10.6 Å². The van der Waals surface area contributed by atoms with E-state index in [9.17, 15) is 9.18 Å². The summed E-state index contributed by atoms with van der Waals surface area (Å²) in [4.78, 5) is 12.9. The number of amides is 2. The molecule has 0 unspecified atom stereocenters. The Labute approximate surface area is 157 Å². The number of methoxy groups -OCH3 is 1. The zero-order valence-electron chi connectivity index (χ0n) is 14.7. The van der Waals surface area contributed by atoms with Gasteiger partial charge in [0.1, 0.15) is 18.2 Å². The topological polar surface area (TPSA) is 59.6 Å². The number of thioether (sulfide) groups is 1. The van der Waals surface area contributed by atoms with Gasteiger partial charge in [-0.2, -0.15) is 0 Å². The van der Waals surface area contributed by atoms with Gasteiger partial charge in [0.05, 0.1) is 6.61 Å². The maximum absolute atomic E-state index is 12.8. The van der Waals surface area contributed by atoms with Crippen molar-refractivity contribution < 1.29 is 18.7 Å². The minimum absolute atomic E-state index is 0.234. The fraction of sp³-hybridized carbons (Fsp3) is 0.316. The summed E-state index contributed by atoms with van der Waals surface area (Å²) < 4.78 is 23.2. The molecule has 2 aromatic carbocycles. The molecule has 0 aliphatic carbocycles. The minimum Gasteiger partial charge on any atom is -0.491 e. The molecule has 0 spiro atoms. The molecule has 140 valence electrons. The highest BCUT2D eigenvalue weighted by Crippen LogP contribution is 2.18. The second-order valence-corrected chi connectivity index (χ2v) is 6.57. The maximum Gasteiger partial charge on any atom is 0.319 e. The van der Waals surface area contributed by atoms with Crippen LogP contribution < -0.4 is 15.4 Å². The lowest BCUT2D eigenvalue weighted by Crippen LogP contribution is -2.29. The van der Waals surface area contributed by atoms with E-state index >= 15 is 0 Å². The van der Waals surface area contributed by atoms with Gasteiger partial charge in [0, 0.05) is 24.2 Å². The molecule has 2 rings (SSSR count). The second-order valence-electron chi connectivity index (χ2n) is 5.40. The molecule has 7 heteroatoms. The first-order valence-corrected chi connectivity index (χ1v) is 9.31. The summed E-state index contributed by atoms with van der Waals surface area (Å²) in [6, 6.07) is 13.3. The number of hydrogen-bond donors (Lipinski definition) is 2. The largest absolute Gasteiger partial charge is 0.491 e. The molecule has 0 atom stereocenters. The normalized spacial score (nSPS) is 10.4. The van der Waals surface area contributed by atoms with Crippen molar-refractivity contribution in [3.05, 3.63) is 54.3 Å². The lowest BCUT2D eigenvalue weighted by Gasteiger charge is -2.09. The number of urea groups is 1. The molecular weight excluding hydrogens is 355 g/mol. The first-order valence-electron chi connectivity index (χ1n) is 8.32. The van der Waals surface area contributed by atoms with E-state index < -0.39 is 0 Å². The second kappa shape index (κ2) is 11.4. The first kappa shape index (κ1) is 20.1. The lowest BCUT2D eigenvalue weighted by molar-refractivity contribution is 0.146. The van der Waals surface area contributed by atoms with E-state index in [4.69, 9.17) is 9.47 Å². The molecule has 0 radical (unpaired) electrons. The summed E-state index contributed by atoms with van der Waals surface area (Å²) in [7, 11) is 1.62. The molecule has 0 aliphatic heterocycles. The van der Waals surface area contributed by atoms with Crippen LogP contribution in [0.4, 0.5) is 14.9 Å². The van der Waals surface area contributed by atoms with Gasteiger partial charge < -0.3 is 20.1 Å². The van der Waals surface area contributed by atoms with Gasteiger partial charge in [-0.1, -0.05) is 0 Å². The molecule has 0 saturated heterocycles. The summed E-state index contributed by atoms with van der Waals surface area (Å²) in [5, 5.41) is 5.58. The number of benzene rings is 2. The number of rotatable bonds is 10. The number of carbonyl (C=O) groups is 1. The number of anilines is 1. The van der Waals surface area contributed by atoms with Crippen LogP contribution in [-0.4, -0.2) is 38.7 Å². The van der Waals surface area contributed by atoms with Crippen molar-refractivity contribution >= 4 is 23.5 Å². The van der Waals surface area contributed by atoms with Crippen LogP contribution in [0.2, 0.25) is 0 Å². The molecular formula is C19H23FN2O3S. The summed E-state index contributed by atoms with van der Waals surface area (Å²) in [6.45, 7) is 1.58. The third kappa shape index (κ3) is 7.76. The van der Waals surface area contributed by atoms with Crippen molar-refractivity contribution in [1.29, 1.82) is 0 Å². The first-order chi connectivity index (χ1) is 12.7. The number of halogens is 1. The fourth-order valence-electron chi connectivity index (χ4n) is 2.05. The molecule has 0 aliphatic rings. The van der Waals surface area contributed by atoms with Gasteiger partial charge in [-0.3, -0.25) is 0 Å². The van der Waals surface area contributed by atoms with Crippen molar-refractivity contribution in [2.45, 2.75) is 11.3 Å². The van der Waals surface area contributed by atoms with Crippen LogP contribution >= 0.6 is 11.8 Å². The fourth-order valence-corrected chi connectivity index (χ4v) is 2.90. The summed E-state index contributed by atoms with van der Waals surface area (Å²) in [6.07, 6.45) is 0.821. The Morgan fingerprint density at radius 3 is 2.50 bits per heavy atom. The van der Waals surface area contributed by atoms with E-state index in [1.54, 1.807) is 55.3 Å². The van der Waals surface area contributed by atoms with E-state index in [-0.39, 0.29) is 11.8 Å². The Balaban J connectivity index is 1.60. The van der Waals surface area contributed by atoms with Crippen LogP contribution in [0.25, 0.3) is 0 Å². The molecule has 2 N–H and O–H groups in total. The van der Waals surface area contributed by atoms with Crippen LogP contribution in [0.3, 0.4) is 0 Å².